The molecule has 5 nitrogen and oxygen atoms in total. The Kier molecular flexibility index (Phi) is 9.14. The summed E-state index contributed by atoms with van der Waals surface area (Å²) in [6.45, 7) is 16.1. The van der Waals surface area contributed by atoms with Crippen LogP contribution in [-0.4, -0.2) is 60.2 Å². The van der Waals surface area contributed by atoms with Gasteiger partial charge < -0.3 is 9.64 Å². The van der Waals surface area contributed by atoms with Crippen LogP contribution in [0.3, 0.4) is 0 Å². The van der Waals surface area contributed by atoms with E-state index in [0.717, 1.165) is 31.1 Å². The molecule has 1 aromatic carbocycles. The summed E-state index contributed by atoms with van der Waals surface area (Å²) < 4.78 is 19.2. The van der Waals surface area contributed by atoms with Gasteiger partial charge in [0.15, 0.2) is 11.6 Å². The van der Waals surface area contributed by atoms with Crippen molar-refractivity contribution >= 4 is 28.7 Å². The van der Waals surface area contributed by atoms with Crippen molar-refractivity contribution in [2.45, 2.75) is 58.7 Å². The molecule has 0 amide bonds. The molecule has 2 aliphatic heterocycles. The average Bonchev–Trinajstić information content (AvgIpc) is 3.54. The predicted molar refractivity (Wildman–Crippen MR) is 144 cm³/mol. The fourth-order valence-corrected chi connectivity index (χ4v) is 4.86. The maximum atomic E-state index is 13.7. The highest BCUT2D eigenvalue weighted by Gasteiger charge is 2.28. The number of ketones is 1. The minimum Gasteiger partial charge on any atom is -0.377 e. The lowest BCUT2D eigenvalue weighted by molar-refractivity contribution is 0.00641. The number of allylic oxidation sites excluding steroid dienone is 1. The van der Waals surface area contributed by atoms with Gasteiger partial charge in [0.05, 0.1) is 41.3 Å². The van der Waals surface area contributed by atoms with E-state index in [4.69, 9.17) is 4.74 Å². The van der Waals surface area contributed by atoms with Crippen molar-refractivity contribution < 1.29 is 13.9 Å². The van der Waals surface area contributed by atoms with E-state index in [1.54, 1.807) is 12.1 Å². The number of nitrogens with zero attached hydrogens (tertiary/aromatic N) is 3. The Morgan fingerprint density at radius 1 is 1.29 bits per heavy atom. The van der Waals surface area contributed by atoms with Crippen LogP contribution in [0.15, 0.2) is 64.7 Å². The molecule has 0 aliphatic carbocycles. The van der Waals surface area contributed by atoms with Crippen molar-refractivity contribution in [2.75, 3.05) is 26.3 Å². The third kappa shape index (κ3) is 6.95. The molecule has 4 rings (SSSR count). The van der Waals surface area contributed by atoms with Crippen LogP contribution >= 0.6 is 11.3 Å². The van der Waals surface area contributed by atoms with Crippen LogP contribution in [0.2, 0.25) is 0 Å². The number of aliphatic imine (C=N–C) groups is 2. The second-order valence-corrected chi connectivity index (χ2v) is 10.4. The maximum absolute atomic E-state index is 13.7. The number of carbonyl (C=O) groups excluding carboxylic acids is 1. The fourth-order valence-electron chi connectivity index (χ4n) is 4.00. The van der Waals surface area contributed by atoms with Crippen LogP contribution in [0.4, 0.5) is 4.39 Å². The Balaban J connectivity index is 0.000000196. The Hall–Kier alpha value is -2.64. The zero-order valence-electron chi connectivity index (χ0n) is 21.4. The number of hydrogen-bond acceptors (Lipinski definition) is 6. The minimum absolute atomic E-state index is 0.0230. The first-order chi connectivity index (χ1) is 16.6. The summed E-state index contributed by atoms with van der Waals surface area (Å²) in [4.78, 5) is 23.5. The third-order valence-electron chi connectivity index (χ3n) is 6.35. The van der Waals surface area contributed by atoms with E-state index in [-0.39, 0.29) is 5.78 Å². The molecule has 7 heteroatoms. The molecule has 3 heterocycles. The van der Waals surface area contributed by atoms with Gasteiger partial charge in [0, 0.05) is 18.2 Å². The van der Waals surface area contributed by atoms with Crippen molar-refractivity contribution in [3.8, 4) is 0 Å². The molecule has 1 aromatic heterocycles. The summed E-state index contributed by atoms with van der Waals surface area (Å²) in [5.41, 5.74) is 1.55. The highest BCUT2D eigenvalue weighted by molar-refractivity contribution is 7.16. The zero-order valence-corrected chi connectivity index (χ0v) is 22.2. The highest BCUT2D eigenvalue weighted by atomic mass is 32.1. The van der Waals surface area contributed by atoms with Gasteiger partial charge in [0.1, 0.15) is 5.67 Å². The summed E-state index contributed by atoms with van der Waals surface area (Å²) in [6.07, 6.45) is 1.11. The van der Waals surface area contributed by atoms with Crippen molar-refractivity contribution in [1.29, 1.82) is 0 Å². The predicted octanol–water partition coefficient (Wildman–Crippen LogP) is 6.31. The molecule has 188 valence electrons. The number of carbonyl (C=O) groups is 1. The van der Waals surface area contributed by atoms with Gasteiger partial charge in [-0.3, -0.25) is 9.79 Å². The average molecular weight is 498 g/mol. The molecule has 1 saturated heterocycles. The summed E-state index contributed by atoms with van der Waals surface area (Å²) in [7, 11) is 0. The summed E-state index contributed by atoms with van der Waals surface area (Å²) >= 11 is 1.34. The molecule has 35 heavy (non-hydrogen) atoms. The van der Waals surface area contributed by atoms with Crippen molar-refractivity contribution in [3.63, 3.8) is 0 Å². The lowest BCUT2D eigenvalue weighted by Gasteiger charge is -2.40. The van der Waals surface area contributed by atoms with Crippen LogP contribution in [0.5, 0.6) is 0 Å². The van der Waals surface area contributed by atoms with Crippen LogP contribution < -0.4 is 0 Å². The van der Waals surface area contributed by atoms with Gasteiger partial charge in [-0.15, -0.1) is 11.3 Å². The molecule has 0 spiro atoms. The van der Waals surface area contributed by atoms with Crippen LogP contribution in [0, 0.1) is 0 Å². The molecule has 0 saturated carbocycles. The van der Waals surface area contributed by atoms with Gasteiger partial charge in [-0.1, -0.05) is 50.8 Å². The number of Topliss-reactive ketones (excluding diaryl/α,β-unsaturated/α-hetero) is 1. The van der Waals surface area contributed by atoms with E-state index in [1.165, 1.54) is 43.4 Å². The Bertz CT molecular complexity index is 1090. The van der Waals surface area contributed by atoms with Gasteiger partial charge in [0.25, 0.3) is 0 Å². The standard InChI is InChI=1S/C16H23NO.C12H13FN2OS/c1-4-16-12-18-11-10-17(16)14(3)13(2)15-8-6-5-7-9-15;1-7(16)8-4-5-9(17-8)11-14-6-10(15-11)12(2,3)13/h5-9,13,16H,3-4,10-12H2,1-2H3;4-5H,6H2,1-3H3/t13?,16-;/m0./s1. The van der Waals surface area contributed by atoms with E-state index >= 15 is 0 Å². The van der Waals surface area contributed by atoms with Gasteiger partial charge in [-0.05, 0) is 44.9 Å². The van der Waals surface area contributed by atoms with Gasteiger partial charge >= 0.3 is 0 Å². The topological polar surface area (TPSA) is 54.3 Å². The second kappa shape index (κ2) is 11.9. The highest BCUT2D eigenvalue weighted by Crippen LogP contribution is 2.28. The lowest BCUT2D eigenvalue weighted by Crippen LogP contribution is -2.45. The number of hydrogen-bond donors (Lipinski definition) is 0. The molecular formula is C28H36FN3O2S. The van der Waals surface area contributed by atoms with E-state index in [0.29, 0.717) is 34.9 Å². The molecule has 1 fully saturated rings. The number of morpholine rings is 1. The van der Waals surface area contributed by atoms with Gasteiger partial charge in [-0.25, -0.2) is 9.38 Å². The Morgan fingerprint density at radius 2 is 2.00 bits per heavy atom. The molecule has 2 aromatic rings. The number of amidine groups is 1. The van der Waals surface area contributed by atoms with Crippen LogP contribution in [-0.2, 0) is 4.74 Å². The molecule has 2 aliphatic rings. The SMILES string of the molecule is C=C(C(C)c1ccccc1)N1CCOC[C@@H]1CC.CC(=O)c1ccc(C2=NCC(C(C)(C)F)=N2)s1. The van der Waals surface area contributed by atoms with Gasteiger partial charge in [0.2, 0.25) is 0 Å². The quantitative estimate of drug-likeness (QED) is 0.421. The fraction of sp³-hybridized carbons (Fsp3) is 0.464. The minimum atomic E-state index is -1.44. The van der Waals surface area contributed by atoms with E-state index in [2.05, 4.69) is 65.6 Å². The number of alkyl halides is 1. The largest absolute Gasteiger partial charge is 0.377 e. The van der Waals surface area contributed by atoms with E-state index in [1.807, 2.05) is 0 Å². The van der Waals surface area contributed by atoms with Crippen LogP contribution in [0.25, 0.3) is 0 Å². The smallest absolute Gasteiger partial charge is 0.169 e. The molecule has 1 unspecified atom stereocenters. The normalized spacial score (nSPS) is 18.8. The number of rotatable bonds is 7. The van der Waals surface area contributed by atoms with Crippen LogP contribution in [0.1, 0.15) is 67.1 Å². The number of thiophene rings is 1. The molecular weight excluding hydrogens is 461 g/mol. The monoisotopic (exact) mass is 497 g/mol. The number of benzene rings is 1. The summed E-state index contributed by atoms with van der Waals surface area (Å²) in [5.74, 6) is 0.927. The maximum Gasteiger partial charge on any atom is 0.169 e. The molecule has 2 atom stereocenters. The van der Waals surface area contributed by atoms with E-state index in [9.17, 15) is 9.18 Å². The first kappa shape index (κ1) is 27.0. The molecule has 0 N–H and O–H groups in total. The Labute approximate surface area is 212 Å². The Morgan fingerprint density at radius 3 is 2.57 bits per heavy atom. The first-order valence-electron chi connectivity index (χ1n) is 12.1. The van der Waals surface area contributed by atoms with E-state index < -0.39 is 5.67 Å². The second-order valence-electron chi connectivity index (χ2n) is 9.34. The number of halogens is 1. The lowest BCUT2D eigenvalue weighted by atomic mass is 9.96. The summed E-state index contributed by atoms with van der Waals surface area (Å²) in [6, 6.07) is 14.6. The zero-order chi connectivity index (χ0) is 25.6. The van der Waals surface area contributed by atoms with Gasteiger partial charge in [-0.2, -0.15) is 0 Å². The third-order valence-corrected chi connectivity index (χ3v) is 7.53. The number of ether oxygens (including phenoxy) is 1. The van der Waals surface area contributed by atoms with Crippen molar-refractivity contribution in [3.05, 3.63) is 70.1 Å². The summed E-state index contributed by atoms with van der Waals surface area (Å²) in [5, 5.41) is 0. The molecule has 0 radical (unpaired) electrons. The van der Waals surface area contributed by atoms with Crippen molar-refractivity contribution in [1.82, 2.24) is 4.90 Å². The van der Waals surface area contributed by atoms with Crippen molar-refractivity contribution in [2.24, 2.45) is 9.98 Å². The first-order valence-corrected chi connectivity index (χ1v) is 12.9. The molecule has 0 bridgehead atoms.